The summed E-state index contributed by atoms with van der Waals surface area (Å²) in [6.45, 7) is 1.84. The fourth-order valence-corrected chi connectivity index (χ4v) is 4.25. The number of fused-ring (bicyclic) bond motifs is 1. The first-order valence-corrected chi connectivity index (χ1v) is 8.37. The third-order valence-corrected chi connectivity index (χ3v) is 5.30. The van der Waals surface area contributed by atoms with E-state index in [1.165, 1.54) is 23.3 Å². The van der Waals surface area contributed by atoms with Crippen molar-refractivity contribution >= 4 is 46.1 Å². The average molecular weight is 341 g/mol. The minimum Gasteiger partial charge on any atom is -0.318 e. The number of aryl methyl sites for hydroxylation is 3. The molecule has 0 aliphatic heterocycles. The summed E-state index contributed by atoms with van der Waals surface area (Å²) in [5.41, 5.74) is 2.64. The topological polar surface area (TPSA) is 42.0 Å². The normalized spacial score (nSPS) is 13.9. The molecule has 2 aromatic rings. The molecule has 0 atom stereocenters. The molecule has 3 rings (SSSR count). The zero-order valence-electron chi connectivity index (χ0n) is 11.5. The van der Waals surface area contributed by atoms with Crippen LogP contribution in [0.5, 0.6) is 0 Å². The van der Waals surface area contributed by atoms with Crippen molar-refractivity contribution in [3.8, 4) is 0 Å². The van der Waals surface area contributed by atoms with Crippen LogP contribution in [0, 0.1) is 6.92 Å². The number of halogens is 2. The Bertz CT molecular complexity index is 665. The number of carbonyl (C=O) groups excluding carboxylic acids is 1. The quantitative estimate of drug-likeness (QED) is 0.790. The van der Waals surface area contributed by atoms with Crippen molar-refractivity contribution in [1.29, 1.82) is 0 Å². The Morgan fingerprint density at radius 3 is 2.76 bits per heavy atom. The Labute approximate surface area is 137 Å². The highest BCUT2D eigenvalue weighted by atomic mass is 35.5. The molecule has 6 heteroatoms. The third kappa shape index (κ3) is 3.07. The Balaban J connectivity index is 1.85. The molecule has 0 bridgehead atoms. The van der Waals surface area contributed by atoms with E-state index >= 15 is 0 Å². The number of hydrogen-bond acceptors (Lipinski definition) is 3. The van der Waals surface area contributed by atoms with Gasteiger partial charge in [0.15, 0.2) is 5.15 Å². The second kappa shape index (κ2) is 5.95. The Morgan fingerprint density at radius 1 is 1.29 bits per heavy atom. The van der Waals surface area contributed by atoms with Gasteiger partial charge in [-0.3, -0.25) is 4.79 Å². The third-order valence-electron chi connectivity index (χ3n) is 3.60. The van der Waals surface area contributed by atoms with Crippen molar-refractivity contribution < 1.29 is 4.79 Å². The molecule has 2 aromatic heterocycles. The lowest BCUT2D eigenvalue weighted by molar-refractivity contribution is 0.103. The molecule has 21 heavy (non-hydrogen) atoms. The molecular formula is C15H14Cl2N2OS. The van der Waals surface area contributed by atoms with Crippen molar-refractivity contribution in [3.05, 3.63) is 43.3 Å². The fraction of sp³-hybridized carbons (Fsp3) is 0.333. The summed E-state index contributed by atoms with van der Waals surface area (Å²) in [7, 11) is 0. The van der Waals surface area contributed by atoms with Crippen LogP contribution < -0.4 is 5.32 Å². The van der Waals surface area contributed by atoms with E-state index in [0.29, 0.717) is 10.8 Å². The summed E-state index contributed by atoms with van der Waals surface area (Å²) < 4.78 is 0. The first-order valence-electron chi connectivity index (χ1n) is 6.80. The number of rotatable bonds is 2. The standard InChI is InChI=1S/C15H14Cl2N2OS/c1-8-6-12(16)18-14(17)13(8)19-15(20)11-7-9-4-2-3-5-10(9)21-11/h6-7H,2-5H2,1H3,(H,19,20). The van der Waals surface area contributed by atoms with Gasteiger partial charge >= 0.3 is 0 Å². The second-order valence-electron chi connectivity index (χ2n) is 5.15. The molecule has 0 spiro atoms. The Hall–Kier alpha value is -1.10. The molecule has 2 heterocycles. The lowest BCUT2D eigenvalue weighted by Crippen LogP contribution is -2.12. The maximum Gasteiger partial charge on any atom is 0.265 e. The summed E-state index contributed by atoms with van der Waals surface area (Å²) in [6, 6.07) is 3.68. The lowest BCUT2D eigenvalue weighted by atomic mass is 9.99. The van der Waals surface area contributed by atoms with Gasteiger partial charge in [0.25, 0.3) is 5.91 Å². The van der Waals surface area contributed by atoms with Crippen molar-refractivity contribution in [2.75, 3.05) is 5.32 Å². The van der Waals surface area contributed by atoms with E-state index in [1.807, 2.05) is 13.0 Å². The van der Waals surface area contributed by atoms with Crippen molar-refractivity contribution in [3.63, 3.8) is 0 Å². The van der Waals surface area contributed by atoms with Gasteiger partial charge in [0, 0.05) is 4.88 Å². The minimum atomic E-state index is -0.136. The van der Waals surface area contributed by atoms with Crippen LogP contribution in [0.1, 0.15) is 38.5 Å². The highest BCUT2D eigenvalue weighted by Crippen LogP contribution is 2.31. The van der Waals surface area contributed by atoms with E-state index in [9.17, 15) is 4.79 Å². The zero-order valence-corrected chi connectivity index (χ0v) is 13.8. The number of hydrogen-bond donors (Lipinski definition) is 1. The van der Waals surface area contributed by atoms with E-state index in [1.54, 1.807) is 17.4 Å². The van der Waals surface area contributed by atoms with E-state index in [-0.39, 0.29) is 11.1 Å². The predicted molar refractivity (Wildman–Crippen MR) is 87.9 cm³/mol. The van der Waals surface area contributed by atoms with Gasteiger partial charge in [-0.2, -0.15) is 0 Å². The number of pyridine rings is 1. The number of nitrogens with zero attached hydrogens (tertiary/aromatic N) is 1. The van der Waals surface area contributed by atoms with Crippen LogP contribution in [0.25, 0.3) is 0 Å². The average Bonchev–Trinajstić information content (AvgIpc) is 2.86. The van der Waals surface area contributed by atoms with Gasteiger partial charge in [-0.05, 0) is 55.9 Å². The zero-order chi connectivity index (χ0) is 15.0. The molecule has 110 valence electrons. The molecule has 1 N–H and O–H groups in total. The highest BCUT2D eigenvalue weighted by Gasteiger charge is 2.19. The first-order chi connectivity index (χ1) is 10.0. The summed E-state index contributed by atoms with van der Waals surface area (Å²) in [6.07, 6.45) is 4.56. The predicted octanol–water partition coefficient (Wildman–Crippen LogP) is 4.89. The highest BCUT2D eigenvalue weighted by molar-refractivity contribution is 7.14. The Morgan fingerprint density at radius 2 is 2.05 bits per heavy atom. The van der Waals surface area contributed by atoms with Gasteiger partial charge in [0.05, 0.1) is 10.6 Å². The number of carbonyl (C=O) groups is 1. The van der Waals surface area contributed by atoms with Crippen molar-refractivity contribution in [2.24, 2.45) is 0 Å². The first kappa shape index (κ1) is 14.8. The van der Waals surface area contributed by atoms with E-state index in [0.717, 1.165) is 23.3 Å². The molecule has 0 fully saturated rings. The summed E-state index contributed by atoms with van der Waals surface area (Å²) >= 11 is 13.5. The molecule has 1 aliphatic rings. The number of nitrogens with one attached hydrogen (secondary N) is 1. The van der Waals surface area contributed by atoms with Gasteiger partial charge < -0.3 is 5.32 Å². The van der Waals surface area contributed by atoms with Crippen LogP contribution in [0.4, 0.5) is 5.69 Å². The van der Waals surface area contributed by atoms with Gasteiger partial charge in [-0.15, -0.1) is 11.3 Å². The molecule has 0 saturated heterocycles. The van der Waals surface area contributed by atoms with Crippen molar-refractivity contribution in [1.82, 2.24) is 4.98 Å². The maximum absolute atomic E-state index is 12.4. The summed E-state index contributed by atoms with van der Waals surface area (Å²) in [5.74, 6) is -0.136. The van der Waals surface area contributed by atoms with Crippen LogP contribution in [0.15, 0.2) is 12.1 Å². The number of aromatic nitrogens is 1. The molecule has 1 aliphatic carbocycles. The summed E-state index contributed by atoms with van der Waals surface area (Å²) in [5, 5.41) is 3.39. The van der Waals surface area contributed by atoms with Crippen LogP contribution in [0.2, 0.25) is 10.3 Å². The number of thiophene rings is 1. The van der Waals surface area contributed by atoms with Crippen LogP contribution in [-0.4, -0.2) is 10.9 Å². The fourth-order valence-electron chi connectivity index (χ4n) is 2.52. The minimum absolute atomic E-state index is 0.136. The van der Waals surface area contributed by atoms with E-state index in [2.05, 4.69) is 10.3 Å². The van der Waals surface area contributed by atoms with E-state index < -0.39 is 0 Å². The lowest BCUT2D eigenvalue weighted by Gasteiger charge is -2.09. The molecule has 1 amide bonds. The smallest absolute Gasteiger partial charge is 0.265 e. The largest absolute Gasteiger partial charge is 0.318 e. The number of anilines is 1. The summed E-state index contributed by atoms with van der Waals surface area (Å²) in [4.78, 5) is 18.4. The SMILES string of the molecule is Cc1cc(Cl)nc(Cl)c1NC(=O)c1cc2c(s1)CCCC2. The molecule has 0 aromatic carbocycles. The maximum atomic E-state index is 12.4. The second-order valence-corrected chi connectivity index (χ2v) is 7.03. The molecular weight excluding hydrogens is 327 g/mol. The molecule has 0 radical (unpaired) electrons. The molecule has 3 nitrogen and oxygen atoms in total. The number of amides is 1. The van der Waals surface area contributed by atoms with Gasteiger partial charge in [0.2, 0.25) is 0 Å². The van der Waals surface area contributed by atoms with Gasteiger partial charge in [-0.25, -0.2) is 4.98 Å². The van der Waals surface area contributed by atoms with Crippen LogP contribution in [-0.2, 0) is 12.8 Å². The van der Waals surface area contributed by atoms with Crippen LogP contribution in [0.3, 0.4) is 0 Å². The van der Waals surface area contributed by atoms with Crippen molar-refractivity contribution in [2.45, 2.75) is 32.6 Å². The van der Waals surface area contributed by atoms with Gasteiger partial charge in [-0.1, -0.05) is 23.2 Å². The van der Waals surface area contributed by atoms with Gasteiger partial charge in [0.1, 0.15) is 5.15 Å². The molecule has 0 saturated carbocycles. The van der Waals surface area contributed by atoms with Crippen LogP contribution >= 0.6 is 34.5 Å². The monoisotopic (exact) mass is 340 g/mol. The van der Waals surface area contributed by atoms with E-state index in [4.69, 9.17) is 23.2 Å². The Kier molecular flexibility index (Phi) is 4.20. The molecule has 0 unspecified atom stereocenters.